The van der Waals surface area contributed by atoms with E-state index >= 15 is 0 Å². The smallest absolute Gasteiger partial charge is 0.267 e. The van der Waals surface area contributed by atoms with Crippen LogP contribution >= 0.6 is 0 Å². The van der Waals surface area contributed by atoms with E-state index in [2.05, 4.69) is 60.4 Å². The number of methoxy groups -OCH3 is 1. The summed E-state index contributed by atoms with van der Waals surface area (Å²) in [5.74, 6) is 4.55. The number of fused-ring (bicyclic) bond motifs is 3. The molecule has 6 aromatic heterocycles. The van der Waals surface area contributed by atoms with Gasteiger partial charge in [0.1, 0.15) is 57.9 Å². The van der Waals surface area contributed by atoms with Crippen LogP contribution in [-0.4, -0.2) is 55.8 Å². The molecule has 7 aromatic carbocycles. The van der Waals surface area contributed by atoms with Crippen LogP contribution in [0.2, 0.25) is 0 Å². The molecule has 13 rings (SSSR count). The first-order chi connectivity index (χ1) is 47.1. The quantitative estimate of drug-likeness (QED) is 0.0699. The molecule has 21 nitrogen and oxygen atoms in total. The molecule has 486 valence electrons. The molecule has 0 saturated heterocycles. The Morgan fingerprint density at radius 2 is 0.745 bits per heavy atom. The van der Waals surface area contributed by atoms with Crippen molar-refractivity contribution in [2.24, 2.45) is 0 Å². The zero-order chi connectivity index (χ0) is 68.3. The van der Waals surface area contributed by atoms with Crippen LogP contribution in [0.4, 0.5) is 34.5 Å². The second kappa shape index (κ2) is 30.2. The molecule has 21 heteroatoms. The number of ether oxygens (including phenoxy) is 2. The maximum atomic E-state index is 14.1. The minimum absolute atomic E-state index is 0. The lowest BCUT2D eigenvalue weighted by molar-refractivity contribution is 0.419. The number of nitrogens with zero attached hydrogens (tertiary/aromatic N) is 12. The van der Waals surface area contributed by atoms with Gasteiger partial charge in [-0.1, -0.05) is 117 Å². The highest BCUT2D eigenvalue weighted by Crippen LogP contribution is 2.35. The van der Waals surface area contributed by atoms with Gasteiger partial charge in [-0.3, -0.25) is 43.0 Å². The van der Waals surface area contributed by atoms with E-state index in [-0.39, 0.29) is 53.4 Å². The first kappa shape index (κ1) is 67.6. The SMILES string of the molecule is C.[C-]#[N+]c1cnc(C)nc1N[C@@H](C)c1cc2cccc(O)c2c(=O)n1-c1ccccc1.[C-]#[N+]c1cnc(C)nc1N[C@@H](C)c1cc2cccc(OC)c2c(=O)n1-c1ccccc1.[C-]#[N+]c1cnc(C)nc1N[C@@H](C)c1cc2cccc(Oc3ccccc3)c2c(=O)n1-c1ccccc1. The van der Waals surface area contributed by atoms with Crippen LogP contribution in [-0.2, 0) is 0 Å². The first-order valence-electron chi connectivity index (χ1n) is 30.7. The maximum Gasteiger partial charge on any atom is 0.267 e. The van der Waals surface area contributed by atoms with E-state index in [0.29, 0.717) is 96.8 Å². The number of phenols is 1. The zero-order valence-corrected chi connectivity index (χ0v) is 53.8. The Hall–Kier alpha value is -13.3. The van der Waals surface area contributed by atoms with Gasteiger partial charge in [-0.25, -0.2) is 29.5 Å². The fourth-order valence-corrected chi connectivity index (χ4v) is 11.2. The second-order valence-corrected chi connectivity index (χ2v) is 22.3. The molecule has 0 bridgehead atoms. The summed E-state index contributed by atoms with van der Waals surface area (Å²) in [5, 5.41) is 23.6. The van der Waals surface area contributed by atoms with Crippen molar-refractivity contribution < 1.29 is 14.6 Å². The summed E-state index contributed by atoms with van der Waals surface area (Å²) >= 11 is 0. The van der Waals surface area contributed by atoms with E-state index in [9.17, 15) is 19.5 Å². The molecule has 0 unspecified atom stereocenters. The van der Waals surface area contributed by atoms with Gasteiger partial charge in [-0.2, -0.15) is 0 Å². The van der Waals surface area contributed by atoms with Crippen LogP contribution in [0.3, 0.4) is 0 Å². The molecule has 0 aliphatic heterocycles. The van der Waals surface area contributed by atoms with Crippen LogP contribution in [0.5, 0.6) is 23.0 Å². The summed E-state index contributed by atoms with van der Waals surface area (Å²) in [4.78, 5) is 77.1. The predicted molar refractivity (Wildman–Crippen MR) is 385 cm³/mol. The molecule has 4 N–H and O–H groups in total. The number of aromatic nitrogens is 9. The Kier molecular flexibility index (Phi) is 20.8. The van der Waals surface area contributed by atoms with Crippen LogP contribution in [0.15, 0.2) is 227 Å². The normalized spacial score (nSPS) is 11.6. The number of nitrogens with one attached hydrogen (secondary N) is 3. The molecule has 0 spiro atoms. The number of phenolic OH excluding ortho intramolecular Hbond substituents is 1. The lowest BCUT2D eigenvalue weighted by Gasteiger charge is -2.22. The zero-order valence-electron chi connectivity index (χ0n) is 53.8. The molecule has 3 atom stereocenters. The average molecular weight is 1300 g/mol. The summed E-state index contributed by atoms with van der Waals surface area (Å²) < 4.78 is 16.5. The van der Waals surface area contributed by atoms with E-state index < -0.39 is 0 Å². The van der Waals surface area contributed by atoms with Crippen molar-refractivity contribution in [2.45, 2.75) is 67.1 Å². The number of pyridine rings is 3. The van der Waals surface area contributed by atoms with E-state index in [1.54, 1.807) is 65.8 Å². The number of benzene rings is 7. The number of anilines is 3. The molecule has 0 fully saturated rings. The second-order valence-electron chi connectivity index (χ2n) is 22.3. The fraction of sp³-hybridized carbons (Fsp3) is 0.143. The van der Waals surface area contributed by atoms with Gasteiger partial charge in [0, 0.05) is 52.7 Å². The lowest BCUT2D eigenvalue weighted by atomic mass is 10.1. The van der Waals surface area contributed by atoms with Crippen LogP contribution in [0.1, 0.15) is 80.9 Å². The molecule has 0 aliphatic rings. The van der Waals surface area contributed by atoms with Crippen molar-refractivity contribution in [3.05, 3.63) is 313 Å². The van der Waals surface area contributed by atoms with E-state index in [1.807, 2.05) is 185 Å². The summed E-state index contributed by atoms with van der Waals surface area (Å²) in [5.41, 5.74) is 4.56. The molecular formula is C77H67N15O6. The number of hydrogen-bond donors (Lipinski definition) is 4. The third kappa shape index (κ3) is 14.4. The van der Waals surface area contributed by atoms with E-state index in [4.69, 9.17) is 29.2 Å². The minimum Gasteiger partial charge on any atom is -0.507 e. The Labute approximate surface area is 565 Å². The van der Waals surface area contributed by atoms with Gasteiger partial charge in [-0.15, -0.1) is 0 Å². The van der Waals surface area contributed by atoms with Crippen LogP contribution < -0.4 is 42.1 Å². The van der Waals surface area contributed by atoms with Crippen molar-refractivity contribution >= 4 is 66.8 Å². The van der Waals surface area contributed by atoms with Crippen molar-refractivity contribution in [1.29, 1.82) is 0 Å². The highest BCUT2D eigenvalue weighted by Gasteiger charge is 2.24. The van der Waals surface area contributed by atoms with Crippen LogP contribution in [0, 0.1) is 40.5 Å². The number of aryl methyl sites for hydroxylation is 3. The van der Waals surface area contributed by atoms with Gasteiger partial charge in [0.15, 0.2) is 0 Å². The third-order valence-corrected chi connectivity index (χ3v) is 15.8. The van der Waals surface area contributed by atoms with Gasteiger partial charge in [0.25, 0.3) is 16.7 Å². The molecule has 6 heterocycles. The standard InChI is InChI=1S/C29H23N5O2.C24H21N5O2.C23H19N5O2.CH4/c1-19(32-28-24(30-3)18-31-20(2)33-28)25-17-21-11-10-16-26(36-23-14-8-5-9-15-23)27(21)29(35)34(25)22-12-6-4-7-13-22;1-15(27-23-19(25-3)14-26-16(2)28-23)20-13-17-9-8-12-21(31-4)22(17)24(30)29(20)18-10-6-5-7-11-18;1-14(26-22-18(24-3)13-25-15(2)27-22)19-12-16-8-7-11-20(29)21(16)23(30)28(19)17-9-5-4-6-10-17;/h4-19H,1-2H3,(H,31,32,33);5-15H,1-2,4H3,(H,26,27,28);4-14,29H,1-2H3,(H,25,26,27);1H4/t19-;15-;14-;/m000./s1. The largest absolute Gasteiger partial charge is 0.507 e. The third-order valence-electron chi connectivity index (χ3n) is 15.8. The summed E-state index contributed by atoms with van der Waals surface area (Å²) in [7, 11) is 1.56. The van der Waals surface area contributed by atoms with Gasteiger partial charge in [0.05, 0.1) is 61.1 Å². The highest BCUT2D eigenvalue weighted by molar-refractivity contribution is 5.90. The topological polar surface area (TPSA) is 231 Å². The fourth-order valence-electron chi connectivity index (χ4n) is 11.2. The molecule has 0 amide bonds. The van der Waals surface area contributed by atoms with Crippen LogP contribution in [0.25, 0.3) is 63.9 Å². The first-order valence-corrected chi connectivity index (χ1v) is 30.7. The van der Waals surface area contributed by atoms with Gasteiger partial charge < -0.3 is 30.5 Å². The Balaban J connectivity index is 0.000000159. The van der Waals surface area contributed by atoms with Crippen molar-refractivity contribution in [1.82, 2.24) is 43.6 Å². The summed E-state index contributed by atoms with van der Waals surface area (Å²) in [6, 6.07) is 58.5. The molecule has 98 heavy (non-hydrogen) atoms. The maximum absolute atomic E-state index is 14.1. The average Bonchev–Trinajstić information content (AvgIpc) is 0.767. The van der Waals surface area contributed by atoms with Gasteiger partial charge in [0.2, 0.25) is 17.1 Å². The Morgan fingerprint density at radius 3 is 1.10 bits per heavy atom. The van der Waals surface area contributed by atoms with E-state index in [0.717, 1.165) is 33.5 Å². The predicted octanol–water partition coefficient (Wildman–Crippen LogP) is 16.6. The van der Waals surface area contributed by atoms with Gasteiger partial charge in [-0.05, 0) is 143 Å². The Morgan fingerprint density at radius 1 is 0.429 bits per heavy atom. The number of hydrogen-bond acceptors (Lipinski definition) is 15. The summed E-state index contributed by atoms with van der Waals surface area (Å²) in [6.45, 7) is 33.3. The van der Waals surface area contributed by atoms with Crippen molar-refractivity contribution in [3.8, 4) is 40.1 Å². The molecular weight excluding hydrogens is 1230 g/mol. The molecule has 13 aromatic rings. The summed E-state index contributed by atoms with van der Waals surface area (Å²) in [6.07, 6.45) is 4.48. The van der Waals surface area contributed by atoms with Gasteiger partial charge >= 0.3 is 0 Å². The monoisotopic (exact) mass is 1300 g/mol. The van der Waals surface area contributed by atoms with Crippen molar-refractivity contribution in [2.75, 3.05) is 23.1 Å². The molecule has 0 radical (unpaired) electrons. The van der Waals surface area contributed by atoms with Crippen molar-refractivity contribution in [3.63, 3.8) is 0 Å². The number of para-hydroxylation sites is 4. The molecule has 0 saturated carbocycles. The molecule has 0 aliphatic carbocycles. The lowest BCUT2D eigenvalue weighted by Crippen LogP contribution is -2.26. The number of rotatable bonds is 15. The number of aromatic hydroxyl groups is 1. The minimum atomic E-state index is -0.362. The highest BCUT2D eigenvalue weighted by atomic mass is 16.5. The Bertz CT molecular complexity index is 5400. The van der Waals surface area contributed by atoms with E-state index in [1.165, 1.54) is 24.7 Å².